The summed E-state index contributed by atoms with van der Waals surface area (Å²) in [6.45, 7) is 0. The lowest BCUT2D eigenvalue weighted by molar-refractivity contribution is 1.07. The molecule has 8 aromatic carbocycles. The van der Waals surface area contributed by atoms with Gasteiger partial charge in [0.2, 0.25) is 0 Å². The molecule has 0 fully saturated rings. The Morgan fingerprint density at radius 3 is 1.49 bits per heavy atom. The van der Waals surface area contributed by atoms with Crippen LogP contribution in [0, 0.1) is 0 Å². The minimum atomic E-state index is 0.229. The molecule has 0 spiro atoms. The van der Waals surface area contributed by atoms with E-state index in [-0.39, 0.29) is 5.37 Å². The van der Waals surface area contributed by atoms with Crippen molar-refractivity contribution in [1.82, 2.24) is 15.0 Å². The van der Waals surface area contributed by atoms with Crippen molar-refractivity contribution in [3.8, 4) is 67.5 Å². The predicted octanol–water partition coefficient (Wildman–Crippen LogP) is 13.2. The van der Waals surface area contributed by atoms with Gasteiger partial charge in [-0.05, 0) is 61.8 Å². The third-order valence-corrected chi connectivity index (χ3v) is 11.5. The Morgan fingerprint density at radius 1 is 0.345 bits per heavy atom. The first-order valence-corrected chi connectivity index (χ1v) is 19.3. The quantitative estimate of drug-likeness (QED) is 0.177. The lowest BCUT2D eigenvalue weighted by Gasteiger charge is -2.15. The Labute approximate surface area is 324 Å². The van der Waals surface area contributed by atoms with Crippen LogP contribution in [-0.2, 0) is 0 Å². The van der Waals surface area contributed by atoms with Crippen molar-refractivity contribution in [3.63, 3.8) is 0 Å². The minimum Gasteiger partial charge on any atom is -0.368 e. The maximum absolute atomic E-state index is 5.07. The van der Waals surface area contributed by atoms with Gasteiger partial charge in [-0.3, -0.25) is 0 Å². The SMILES string of the molecule is c1ccc(-c2nc(-c3ccccc3)nc(-c3ccccc3-c3cccc4c(-c5ccc(-c6ccc(C7Nc8ccccc8S7)cc6)cc5)cccc34)n2)cc1. The first-order valence-electron chi connectivity index (χ1n) is 18.5. The number of hydrogen-bond donors (Lipinski definition) is 1. The average Bonchev–Trinajstić information content (AvgIpc) is 3.71. The van der Waals surface area contributed by atoms with E-state index in [1.807, 2.05) is 72.4 Å². The molecule has 260 valence electrons. The second kappa shape index (κ2) is 14.2. The van der Waals surface area contributed by atoms with Crippen LogP contribution in [0.25, 0.3) is 78.3 Å². The van der Waals surface area contributed by atoms with Gasteiger partial charge < -0.3 is 5.32 Å². The van der Waals surface area contributed by atoms with Crippen molar-refractivity contribution in [1.29, 1.82) is 0 Å². The summed E-state index contributed by atoms with van der Waals surface area (Å²) < 4.78 is 0. The zero-order chi connectivity index (χ0) is 36.6. The molecule has 0 aliphatic carbocycles. The first-order chi connectivity index (χ1) is 27.2. The third-order valence-electron chi connectivity index (χ3n) is 10.2. The molecule has 0 bridgehead atoms. The maximum Gasteiger partial charge on any atom is 0.164 e. The molecule has 0 radical (unpaired) electrons. The number of nitrogens with one attached hydrogen (secondary N) is 1. The van der Waals surface area contributed by atoms with Crippen LogP contribution >= 0.6 is 11.8 Å². The van der Waals surface area contributed by atoms with E-state index in [0.717, 1.165) is 27.8 Å². The number of anilines is 1. The molecule has 5 heteroatoms. The molecule has 55 heavy (non-hydrogen) atoms. The lowest BCUT2D eigenvalue weighted by Crippen LogP contribution is -2.01. The van der Waals surface area contributed by atoms with Crippen molar-refractivity contribution < 1.29 is 0 Å². The number of fused-ring (bicyclic) bond motifs is 2. The highest BCUT2D eigenvalue weighted by Gasteiger charge is 2.22. The van der Waals surface area contributed by atoms with Crippen LogP contribution in [-0.4, -0.2) is 15.0 Å². The van der Waals surface area contributed by atoms with Gasteiger partial charge >= 0.3 is 0 Å². The fourth-order valence-electron chi connectivity index (χ4n) is 7.47. The van der Waals surface area contributed by atoms with Crippen LogP contribution < -0.4 is 5.32 Å². The molecule has 1 unspecified atom stereocenters. The Kier molecular flexibility index (Phi) is 8.47. The summed E-state index contributed by atoms with van der Waals surface area (Å²) in [5.41, 5.74) is 12.3. The summed E-state index contributed by atoms with van der Waals surface area (Å²) in [5.74, 6) is 1.94. The summed E-state index contributed by atoms with van der Waals surface area (Å²) in [6, 6.07) is 68.3. The largest absolute Gasteiger partial charge is 0.368 e. The molecule has 0 amide bonds. The molecule has 1 atom stereocenters. The summed E-state index contributed by atoms with van der Waals surface area (Å²) >= 11 is 1.87. The Hall–Kier alpha value is -6.82. The molecular weight excluding hydrogens is 689 g/mol. The second-order valence-electron chi connectivity index (χ2n) is 13.6. The summed E-state index contributed by atoms with van der Waals surface area (Å²) in [4.78, 5) is 16.4. The maximum atomic E-state index is 5.07. The number of para-hydroxylation sites is 1. The number of nitrogens with zero attached hydrogens (tertiary/aromatic N) is 3. The number of benzene rings is 8. The van der Waals surface area contributed by atoms with Gasteiger partial charge in [0.15, 0.2) is 17.5 Å². The Bertz CT molecular complexity index is 2720. The van der Waals surface area contributed by atoms with Gasteiger partial charge in [0.05, 0.1) is 0 Å². The normalized spacial score (nSPS) is 13.3. The molecule has 0 saturated carbocycles. The van der Waals surface area contributed by atoms with E-state index in [9.17, 15) is 0 Å². The summed E-state index contributed by atoms with van der Waals surface area (Å²) in [6.07, 6.45) is 0. The van der Waals surface area contributed by atoms with Crippen molar-refractivity contribution in [2.24, 2.45) is 0 Å². The van der Waals surface area contributed by atoms with Crippen molar-refractivity contribution in [2.75, 3.05) is 5.32 Å². The standard InChI is InChI=1S/C50H34N4S/c1-3-13-36(14-4-1)47-52-48(37-15-5-2-6-16-37)54-49(53-47)44-18-8-7-17-43(44)42-22-12-20-40-39(19-11-21-41(40)42)35-29-25-33(26-30-35)34-27-31-38(32-28-34)50-51-45-23-9-10-24-46(45)55-50/h1-32,50-51H. The molecule has 9 aromatic rings. The molecule has 4 nitrogen and oxygen atoms in total. The van der Waals surface area contributed by atoms with Crippen molar-refractivity contribution in [2.45, 2.75) is 10.3 Å². The lowest BCUT2D eigenvalue weighted by atomic mass is 9.90. The molecule has 1 aromatic heterocycles. The van der Waals surface area contributed by atoms with Crippen LogP contribution in [0.4, 0.5) is 5.69 Å². The molecule has 2 heterocycles. The molecule has 1 aliphatic rings. The van der Waals surface area contributed by atoms with Gasteiger partial charge in [0.1, 0.15) is 5.37 Å². The Morgan fingerprint density at radius 2 is 0.836 bits per heavy atom. The molecule has 1 N–H and O–H groups in total. The number of rotatable bonds is 7. The van der Waals surface area contributed by atoms with Crippen LogP contribution in [0.3, 0.4) is 0 Å². The number of hydrogen-bond acceptors (Lipinski definition) is 5. The molecule has 0 saturated heterocycles. The zero-order valence-corrected chi connectivity index (χ0v) is 30.6. The highest BCUT2D eigenvalue weighted by Crippen LogP contribution is 2.46. The third kappa shape index (κ3) is 6.35. The average molecular weight is 723 g/mol. The highest BCUT2D eigenvalue weighted by molar-refractivity contribution is 8.00. The van der Waals surface area contributed by atoms with Crippen LogP contribution in [0.1, 0.15) is 10.9 Å². The van der Waals surface area contributed by atoms with E-state index >= 15 is 0 Å². The fraction of sp³-hybridized carbons (Fsp3) is 0.0200. The van der Waals surface area contributed by atoms with Gasteiger partial charge in [-0.1, -0.05) is 194 Å². The van der Waals surface area contributed by atoms with Crippen LogP contribution in [0.15, 0.2) is 199 Å². The van der Waals surface area contributed by atoms with E-state index < -0.39 is 0 Å². The molecule has 1 aliphatic heterocycles. The summed E-state index contributed by atoms with van der Waals surface area (Å²) in [7, 11) is 0. The predicted molar refractivity (Wildman–Crippen MR) is 229 cm³/mol. The van der Waals surface area contributed by atoms with Crippen LogP contribution in [0.5, 0.6) is 0 Å². The summed E-state index contributed by atoms with van der Waals surface area (Å²) in [5, 5.41) is 6.24. The van der Waals surface area contributed by atoms with E-state index in [2.05, 4.69) is 139 Å². The zero-order valence-electron chi connectivity index (χ0n) is 29.8. The molecular formula is C50H34N4S. The van der Waals surface area contributed by atoms with Gasteiger partial charge in [-0.15, -0.1) is 0 Å². The van der Waals surface area contributed by atoms with Crippen molar-refractivity contribution >= 4 is 28.2 Å². The van der Waals surface area contributed by atoms with Gasteiger partial charge in [0, 0.05) is 27.3 Å². The van der Waals surface area contributed by atoms with E-state index in [0.29, 0.717) is 17.5 Å². The minimum absolute atomic E-state index is 0.229. The van der Waals surface area contributed by atoms with Crippen LogP contribution in [0.2, 0.25) is 0 Å². The van der Waals surface area contributed by atoms with Gasteiger partial charge in [-0.2, -0.15) is 0 Å². The Balaban J connectivity index is 0.992. The van der Waals surface area contributed by atoms with Gasteiger partial charge in [0.25, 0.3) is 0 Å². The second-order valence-corrected chi connectivity index (χ2v) is 14.8. The highest BCUT2D eigenvalue weighted by atomic mass is 32.2. The molecule has 10 rings (SSSR count). The van der Waals surface area contributed by atoms with Crippen molar-refractivity contribution in [3.05, 3.63) is 200 Å². The van der Waals surface area contributed by atoms with E-state index in [1.54, 1.807) is 0 Å². The topological polar surface area (TPSA) is 50.7 Å². The number of thioether (sulfide) groups is 1. The number of aromatic nitrogens is 3. The monoisotopic (exact) mass is 722 g/mol. The first kappa shape index (κ1) is 32.8. The van der Waals surface area contributed by atoms with E-state index in [1.165, 1.54) is 49.2 Å². The smallest absolute Gasteiger partial charge is 0.164 e. The van der Waals surface area contributed by atoms with E-state index in [4.69, 9.17) is 15.0 Å². The van der Waals surface area contributed by atoms with Gasteiger partial charge in [-0.25, -0.2) is 15.0 Å². The fourth-order valence-corrected chi connectivity index (χ4v) is 8.61.